The lowest BCUT2D eigenvalue weighted by Crippen LogP contribution is -2.09. The van der Waals surface area contributed by atoms with Gasteiger partial charge in [0.05, 0.1) is 5.69 Å². The van der Waals surface area contributed by atoms with E-state index in [2.05, 4.69) is 37.0 Å². The summed E-state index contributed by atoms with van der Waals surface area (Å²) in [5.74, 6) is 0. The molecule has 29 heavy (non-hydrogen) atoms. The lowest BCUT2D eigenvalue weighted by atomic mass is 9.88. The van der Waals surface area contributed by atoms with Crippen molar-refractivity contribution >= 4 is 43.4 Å². The highest BCUT2D eigenvalue weighted by Crippen LogP contribution is 2.42. The van der Waals surface area contributed by atoms with Crippen LogP contribution in [0.3, 0.4) is 0 Å². The topological polar surface area (TPSA) is 26.0 Å². The first-order valence-corrected chi connectivity index (χ1v) is 10.7. The van der Waals surface area contributed by atoms with Gasteiger partial charge in [0.2, 0.25) is 0 Å². The molecule has 0 aliphatic heterocycles. The Balaban J connectivity index is 1.79. The third-order valence-electron chi connectivity index (χ3n) is 5.35. The first-order chi connectivity index (χ1) is 14.6. The van der Waals surface area contributed by atoms with Crippen molar-refractivity contribution in [1.29, 1.82) is 0 Å². The van der Waals surface area contributed by atoms with Crippen LogP contribution in [0.25, 0.3) is 43.3 Å². The lowest BCUT2D eigenvalue weighted by molar-refractivity contribution is 0.411. The third-order valence-corrected chi connectivity index (χ3v) is 6.52. The smallest absolute Gasteiger partial charge is 0.144 e. The highest BCUT2D eigenvalue weighted by atomic mass is 32.1. The molecule has 0 unspecified atom stereocenters. The van der Waals surface area contributed by atoms with E-state index in [-0.39, 0.29) is 0 Å². The minimum absolute atomic E-state index is 0.531. The van der Waals surface area contributed by atoms with Gasteiger partial charge in [0.15, 0.2) is 0 Å². The molecule has 0 aliphatic carbocycles. The van der Waals surface area contributed by atoms with Crippen LogP contribution in [-0.2, 0) is 6.37 Å². The Kier molecular flexibility index (Phi) is 3.59. The summed E-state index contributed by atoms with van der Waals surface area (Å²) in [5.41, 5.74) is 4.69. The second-order valence-electron chi connectivity index (χ2n) is 8.68. The fraction of sp³-hybridized carbons (Fsp3) is 0.269. The molecule has 0 atom stereocenters. The van der Waals surface area contributed by atoms with Crippen LogP contribution in [0.2, 0.25) is 0 Å². The second-order valence-corrected chi connectivity index (χ2v) is 9.94. The molecule has 3 aromatic heterocycles. The Morgan fingerprint density at radius 3 is 2.69 bits per heavy atom. The summed E-state index contributed by atoms with van der Waals surface area (Å²) < 4.78 is 25.0. The Morgan fingerprint density at radius 1 is 1.07 bits per heavy atom. The second kappa shape index (κ2) is 6.43. The van der Waals surface area contributed by atoms with Gasteiger partial charge in [-0.3, -0.25) is 4.98 Å². The molecular formula is C26H25NOS. The molecule has 146 valence electrons. The van der Waals surface area contributed by atoms with E-state index in [1.54, 1.807) is 12.3 Å². The molecule has 5 rings (SSSR count). The average Bonchev–Trinajstić information content (AvgIpc) is 3.24. The van der Waals surface area contributed by atoms with Crippen LogP contribution < -0.4 is 0 Å². The number of aromatic nitrogens is 1. The highest BCUT2D eigenvalue weighted by molar-refractivity contribution is 7.19. The standard InChI is InChI=1S/C26H25NOS/c1-15-16(2)29-22-10-9-21-24(23(15)22)19-8-6-7-18(25(19)28-21)20-13-17(11-12-27-20)14-26(3,4)5/h6-13H,14H2,1-5H3/i14D2. The van der Waals surface area contributed by atoms with Gasteiger partial charge < -0.3 is 4.42 Å². The van der Waals surface area contributed by atoms with Gasteiger partial charge in [-0.2, -0.15) is 0 Å². The van der Waals surface area contributed by atoms with Gasteiger partial charge in [0.25, 0.3) is 0 Å². The molecule has 0 spiro atoms. The summed E-state index contributed by atoms with van der Waals surface area (Å²) in [6.07, 6.45) is 0.213. The number of fused-ring (bicyclic) bond motifs is 5. The van der Waals surface area contributed by atoms with Crippen molar-refractivity contribution in [3.8, 4) is 11.3 Å². The number of thiophene rings is 1. The van der Waals surface area contributed by atoms with E-state index in [1.807, 2.05) is 50.3 Å². The Hall–Kier alpha value is -2.65. The van der Waals surface area contributed by atoms with E-state index in [0.29, 0.717) is 5.56 Å². The fourth-order valence-electron chi connectivity index (χ4n) is 4.04. The van der Waals surface area contributed by atoms with Crippen LogP contribution in [0.5, 0.6) is 0 Å². The van der Waals surface area contributed by atoms with Gasteiger partial charge in [0, 0.05) is 40.2 Å². The van der Waals surface area contributed by atoms with Crippen molar-refractivity contribution < 1.29 is 7.16 Å². The molecule has 0 N–H and O–H groups in total. The Bertz CT molecular complexity index is 1470. The third kappa shape index (κ3) is 3.05. The summed E-state index contributed by atoms with van der Waals surface area (Å²) in [4.78, 5) is 5.91. The molecule has 0 fully saturated rings. The Morgan fingerprint density at radius 2 is 1.90 bits per heavy atom. The van der Waals surface area contributed by atoms with Crippen LogP contribution in [-0.4, -0.2) is 4.98 Å². The van der Waals surface area contributed by atoms with Crippen molar-refractivity contribution in [3.63, 3.8) is 0 Å². The normalized spacial score (nSPS) is 14.0. The van der Waals surface area contributed by atoms with Crippen molar-refractivity contribution in [3.05, 3.63) is 64.7 Å². The highest BCUT2D eigenvalue weighted by Gasteiger charge is 2.18. The van der Waals surface area contributed by atoms with E-state index in [9.17, 15) is 0 Å². The summed E-state index contributed by atoms with van der Waals surface area (Å²) >= 11 is 1.82. The monoisotopic (exact) mass is 401 g/mol. The van der Waals surface area contributed by atoms with Crippen molar-refractivity contribution in [2.75, 3.05) is 0 Å². The molecule has 3 heteroatoms. The maximum absolute atomic E-state index is 8.66. The molecule has 0 aliphatic rings. The van der Waals surface area contributed by atoms with Gasteiger partial charge >= 0.3 is 0 Å². The molecule has 0 amide bonds. The van der Waals surface area contributed by atoms with Crippen molar-refractivity contribution in [2.45, 2.75) is 41.0 Å². The van der Waals surface area contributed by atoms with Gasteiger partial charge in [-0.25, -0.2) is 0 Å². The molecule has 0 bridgehead atoms. The maximum Gasteiger partial charge on any atom is 0.144 e. The van der Waals surface area contributed by atoms with Crippen LogP contribution in [0.4, 0.5) is 0 Å². The van der Waals surface area contributed by atoms with E-state index in [1.165, 1.54) is 20.5 Å². The number of pyridine rings is 1. The molecule has 2 nitrogen and oxygen atoms in total. The number of para-hydroxylation sites is 1. The van der Waals surface area contributed by atoms with E-state index >= 15 is 0 Å². The molecule has 2 aromatic carbocycles. The first kappa shape index (κ1) is 16.2. The molecular weight excluding hydrogens is 374 g/mol. The molecule has 0 saturated heterocycles. The van der Waals surface area contributed by atoms with E-state index in [4.69, 9.17) is 7.16 Å². The zero-order chi connectivity index (χ0) is 22.1. The largest absolute Gasteiger partial charge is 0.455 e. The summed E-state index contributed by atoms with van der Waals surface area (Å²) in [6, 6.07) is 14.0. The van der Waals surface area contributed by atoms with Crippen LogP contribution in [0.15, 0.2) is 53.1 Å². The molecule has 0 radical (unpaired) electrons. The van der Waals surface area contributed by atoms with Gasteiger partial charge in [-0.1, -0.05) is 32.9 Å². The van der Waals surface area contributed by atoms with Crippen LogP contribution in [0.1, 0.15) is 39.5 Å². The lowest BCUT2D eigenvalue weighted by Gasteiger charge is -2.18. The zero-order valence-corrected chi connectivity index (χ0v) is 18.2. The first-order valence-electron chi connectivity index (χ1n) is 10.9. The van der Waals surface area contributed by atoms with Gasteiger partial charge in [-0.05, 0) is 67.1 Å². The number of hydrogen-bond donors (Lipinski definition) is 0. The number of benzene rings is 2. The minimum atomic E-state index is -1.48. The fourth-order valence-corrected chi connectivity index (χ4v) is 5.11. The molecule has 5 aromatic rings. The summed E-state index contributed by atoms with van der Waals surface area (Å²) in [7, 11) is 0. The van der Waals surface area contributed by atoms with Gasteiger partial charge in [-0.15, -0.1) is 11.3 Å². The number of furan rings is 1. The number of rotatable bonds is 2. The number of hydrogen-bond acceptors (Lipinski definition) is 3. The number of nitrogens with zero attached hydrogens (tertiary/aromatic N) is 1. The predicted octanol–water partition coefficient (Wildman–Crippen LogP) is 8.07. The maximum atomic E-state index is 8.66. The van der Waals surface area contributed by atoms with Crippen molar-refractivity contribution in [2.24, 2.45) is 5.41 Å². The van der Waals surface area contributed by atoms with E-state index < -0.39 is 11.8 Å². The predicted molar refractivity (Wildman–Crippen MR) is 125 cm³/mol. The minimum Gasteiger partial charge on any atom is -0.455 e. The van der Waals surface area contributed by atoms with Crippen molar-refractivity contribution in [1.82, 2.24) is 4.98 Å². The zero-order valence-electron chi connectivity index (χ0n) is 19.4. The summed E-state index contributed by atoms with van der Waals surface area (Å²) in [6.45, 7) is 10.1. The number of aryl methyl sites for hydroxylation is 2. The van der Waals surface area contributed by atoms with Gasteiger partial charge in [0.1, 0.15) is 11.2 Å². The quantitative estimate of drug-likeness (QED) is 0.299. The van der Waals surface area contributed by atoms with E-state index in [0.717, 1.165) is 33.2 Å². The van der Waals surface area contributed by atoms with Crippen LogP contribution >= 0.6 is 11.3 Å². The SMILES string of the molecule is [2H]C([2H])(c1ccnc(-c2cccc3c2oc2ccc4sc(C)c(C)c4c23)c1)C(C)(C)C. The van der Waals surface area contributed by atoms with Crippen LogP contribution in [0, 0.1) is 19.3 Å². The summed E-state index contributed by atoms with van der Waals surface area (Å²) in [5, 5.41) is 3.49. The molecule has 3 heterocycles. The average molecular weight is 402 g/mol. The molecule has 0 saturated carbocycles. The Labute approximate surface area is 178 Å².